The van der Waals surface area contributed by atoms with Gasteiger partial charge in [0.15, 0.2) is 0 Å². The molecule has 2 aromatic rings. The number of nitrogens with zero attached hydrogens (tertiary/aromatic N) is 4. The molecule has 21 heavy (non-hydrogen) atoms. The average molecular weight is 402 g/mol. The molecule has 0 fully saturated rings. The number of anilines is 2. The Balaban J connectivity index is 2.11. The fraction of sp³-hybridized carbons (Fsp3) is 0.385. The van der Waals surface area contributed by atoms with Crippen molar-refractivity contribution in [3.8, 4) is 5.88 Å². The molecular formula is C13H17IN5O2. The van der Waals surface area contributed by atoms with Crippen LogP contribution in [0.2, 0.25) is 0 Å². The highest BCUT2D eigenvalue weighted by Crippen LogP contribution is 2.25. The molecule has 2 heterocycles. The van der Waals surface area contributed by atoms with E-state index in [0.717, 1.165) is 3.57 Å². The number of rotatable bonds is 6. The van der Waals surface area contributed by atoms with Gasteiger partial charge in [-0.25, -0.2) is 9.97 Å². The van der Waals surface area contributed by atoms with E-state index in [1.54, 1.807) is 37.3 Å². The molecule has 1 unspecified atom stereocenters. The zero-order chi connectivity index (χ0) is 15.5. The number of methoxy groups -OCH3 is 1. The van der Waals surface area contributed by atoms with Gasteiger partial charge in [-0.2, -0.15) is 0 Å². The molecule has 1 atom stereocenters. The molecule has 2 N–H and O–H groups in total. The average Bonchev–Trinajstić information content (AvgIpc) is 2.81. The number of aromatic nitrogens is 4. The molecule has 1 radical (unpaired) electrons. The summed E-state index contributed by atoms with van der Waals surface area (Å²) in [5.74, 6) is 0.915. The zero-order valence-corrected chi connectivity index (χ0v) is 14.0. The van der Waals surface area contributed by atoms with Gasteiger partial charge in [-0.3, -0.25) is 4.68 Å². The van der Waals surface area contributed by atoms with Gasteiger partial charge in [-0.1, -0.05) is 0 Å². The quantitative estimate of drug-likeness (QED) is 0.720. The zero-order valence-electron chi connectivity index (χ0n) is 11.9. The van der Waals surface area contributed by atoms with Crippen molar-refractivity contribution in [2.45, 2.75) is 25.5 Å². The predicted octanol–water partition coefficient (Wildman–Crippen LogP) is 2.01. The van der Waals surface area contributed by atoms with Gasteiger partial charge in [-0.15, -0.1) is 5.10 Å². The van der Waals surface area contributed by atoms with Gasteiger partial charge in [-0.05, 0) is 42.9 Å². The molecule has 0 saturated carbocycles. The number of ether oxygens (including phenoxy) is 1. The summed E-state index contributed by atoms with van der Waals surface area (Å²) in [5.41, 5.74) is -0.311. The van der Waals surface area contributed by atoms with Gasteiger partial charge in [0.25, 0.3) is 5.88 Å². The normalized spacial score (nSPS) is 11.5. The van der Waals surface area contributed by atoms with Crippen LogP contribution in [0, 0.1) is 10.5 Å². The Hall–Kier alpha value is -1.42. The van der Waals surface area contributed by atoms with Crippen molar-refractivity contribution in [3.63, 3.8) is 0 Å². The summed E-state index contributed by atoms with van der Waals surface area (Å²) in [6, 6.07) is 0. The van der Waals surface area contributed by atoms with Crippen molar-refractivity contribution in [3.05, 3.63) is 29.1 Å². The third-order valence-corrected chi connectivity index (χ3v) is 3.22. The summed E-state index contributed by atoms with van der Waals surface area (Å²) in [6.07, 6.45) is 5.70. The maximum Gasteiger partial charge on any atom is 0.256 e. The summed E-state index contributed by atoms with van der Waals surface area (Å²) in [5, 5.41) is 17.0. The smallest absolute Gasteiger partial charge is 0.256 e. The fourth-order valence-electron chi connectivity index (χ4n) is 1.61. The largest absolute Gasteiger partial charge is 0.478 e. The summed E-state index contributed by atoms with van der Waals surface area (Å²) in [6.45, 7) is 5.85. The Kier molecular flexibility index (Phi) is 4.99. The van der Waals surface area contributed by atoms with E-state index in [9.17, 15) is 5.11 Å². The highest BCUT2D eigenvalue weighted by Gasteiger charge is 2.15. The summed E-state index contributed by atoms with van der Waals surface area (Å²) in [7, 11) is 1.55. The number of hydrogen-bond donors (Lipinski definition) is 2. The van der Waals surface area contributed by atoms with Crippen molar-refractivity contribution < 1.29 is 9.84 Å². The van der Waals surface area contributed by atoms with E-state index < -0.39 is 5.60 Å². The Morgan fingerprint density at radius 3 is 2.71 bits per heavy atom. The van der Waals surface area contributed by atoms with E-state index in [4.69, 9.17) is 4.74 Å². The van der Waals surface area contributed by atoms with Crippen LogP contribution < -0.4 is 10.1 Å². The second kappa shape index (κ2) is 6.56. The van der Waals surface area contributed by atoms with E-state index >= 15 is 0 Å². The maximum atomic E-state index is 9.65. The lowest BCUT2D eigenvalue weighted by atomic mass is 10.1. The standard InChI is InChI=1S/C13H17IN5O2/c1-13(2,20)4-5-19-8-10(11(18-19)21-3)17-12-15-6-9(14)7-16-12/h6-8,20H,1,4-5H2,2-3H3,(H,15,16,17). The number of aliphatic hydroxyl groups is 1. The van der Waals surface area contributed by atoms with Gasteiger partial charge < -0.3 is 15.2 Å². The van der Waals surface area contributed by atoms with Gasteiger partial charge >= 0.3 is 0 Å². The van der Waals surface area contributed by atoms with Crippen LogP contribution in [-0.2, 0) is 6.54 Å². The number of hydrogen-bond acceptors (Lipinski definition) is 6. The van der Waals surface area contributed by atoms with Crippen LogP contribution in [0.15, 0.2) is 18.6 Å². The monoisotopic (exact) mass is 402 g/mol. The summed E-state index contributed by atoms with van der Waals surface area (Å²) < 4.78 is 7.87. The molecule has 8 heteroatoms. The van der Waals surface area contributed by atoms with Crippen LogP contribution in [0.25, 0.3) is 0 Å². The van der Waals surface area contributed by atoms with Crippen molar-refractivity contribution in [2.24, 2.45) is 0 Å². The van der Waals surface area contributed by atoms with E-state index in [0.29, 0.717) is 30.5 Å². The number of halogens is 1. The van der Waals surface area contributed by atoms with Gasteiger partial charge in [0.1, 0.15) is 5.69 Å². The molecule has 2 rings (SSSR count). The molecule has 0 aliphatic heterocycles. The first kappa shape index (κ1) is 16.0. The molecule has 0 aliphatic carbocycles. The van der Waals surface area contributed by atoms with Crippen LogP contribution in [0.1, 0.15) is 13.3 Å². The Morgan fingerprint density at radius 1 is 1.48 bits per heavy atom. The highest BCUT2D eigenvalue weighted by atomic mass is 127. The van der Waals surface area contributed by atoms with Crippen molar-refractivity contribution in [2.75, 3.05) is 12.4 Å². The third-order valence-electron chi connectivity index (χ3n) is 2.67. The lowest BCUT2D eigenvalue weighted by Gasteiger charge is -2.15. The van der Waals surface area contributed by atoms with Crippen LogP contribution >= 0.6 is 22.6 Å². The van der Waals surface area contributed by atoms with E-state index in [-0.39, 0.29) is 0 Å². The first-order valence-electron chi connectivity index (χ1n) is 6.31. The van der Waals surface area contributed by atoms with Gasteiger partial charge in [0.2, 0.25) is 5.95 Å². The van der Waals surface area contributed by atoms with Crippen molar-refractivity contribution in [1.82, 2.24) is 19.7 Å². The first-order valence-corrected chi connectivity index (χ1v) is 7.39. The van der Waals surface area contributed by atoms with Gasteiger partial charge in [0, 0.05) is 22.5 Å². The molecule has 0 aromatic carbocycles. The number of aryl methyl sites for hydroxylation is 1. The molecule has 2 aromatic heterocycles. The minimum atomic E-state index is -0.980. The SMILES string of the molecule is [CH2]C(C)(O)CCn1cc(Nc2ncc(I)cn2)c(OC)n1. The lowest BCUT2D eigenvalue weighted by Crippen LogP contribution is -2.21. The highest BCUT2D eigenvalue weighted by molar-refractivity contribution is 14.1. The fourth-order valence-corrected chi connectivity index (χ4v) is 1.89. The minimum Gasteiger partial charge on any atom is -0.478 e. The predicted molar refractivity (Wildman–Crippen MR) is 87.4 cm³/mol. The lowest BCUT2D eigenvalue weighted by molar-refractivity contribution is 0.0922. The molecule has 0 aliphatic rings. The van der Waals surface area contributed by atoms with E-state index in [1.807, 2.05) is 0 Å². The first-order chi connectivity index (χ1) is 9.87. The number of nitrogens with one attached hydrogen (secondary N) is 1. The topological polar surface area (TPSA) is 85.1 Å². The summed E-state index contributed by atoms with van der Waals surface area (Å²) in [4.78, 5) is 8.34. The summed E-state index contributed by atoms with van der Waals surface area (Å²) >= 11 is 2.14. The Morgan fingerprint density at radius 2 is 2.14 bits per heavy atom. The van der Waals surface area contributed by atoms with Crippen LogP contribution in [-0.4, -0.2) is 37.6 Å². The van der Waals surface area contributed by atoms with E-state index in [1.165, 1.54) is 0 Å². The van der Waals surface area contributed by atoms with Crippen LogP contribution in [0.4, 0.5) is 11.6 Å². The van der Waals surface area contributed by atoms with Gasteiger partial charge in [0.05, 0.1) is 18.9 Å². The minimum absolute atomic E-state index is 0.445. The Bertz CT molecular complexity index is 592. The molecule has 7 nitrogen and oxygen atoms in total. The van der Waals surface area contributed by atoms with Crippen LogP contribution in [0.5, 0.6) is 5.88 Å². The molecule has 113 valence electrons. The second-order valence-corrected chi connectivity index (χ2v) is 6.16. The Labute approximate surface area is 136 Å². The maximum absolute atomic E-state index is 9.65. The molecule has 0 amide bonds. The van der Waals surface area contributed by atoms with E-state index in [2.05, 4.69) is 49.9 Å². The molecule has 0 spiro atoms. The third kappa shape index (κ3) is 4.81. The van der Waals surface area contributed by atoms with Crippen molar-refractivity contribution >= 4 is 34.2 Å². The second-order valence-electron chi connectivity index (χ2n) is 4.91. The van der Waals surface area contributed by atoms with Crippen molar-refractivity contribution in [1.29, 1.82) is 0 Å². The molecule has 0 bridgehead atoms. The van der Waals surface area contributed by atoms with Crippen LogP contribution in [0.3, 0.4) is 0 Å². The molecular weight excluding hydrogens is 385 g/mol. The molecule has 0 saturated heterocycles.